The second-order valence-electron chi connectivity index (χ2n) is 4.55. The largest absolute Gasteiger partial charge is 0.368 e. The van der Waals surface area contributed by atoms with Crippen LogP contribution in [0.5, 0.6) is 0 Å². The van der Waals surface area contributed by atoms with E-state index in [1.54, 1.807) is 6.20 Å². The predicted molar refractivity (Wildman–Crippen MR) is 69.4 cm³/mol. The molecule has 16 heavy (non-hydrogen) atoms. The van der Waals surface area contributed by atoms with Gasteiger partial charge >= 0.3 is 0 Å². The number of anilines is 2. The van der Waals surface area contributed by atoms with Crippen LogP contribution >= 0.6 is 15.9 Å². The number of nitrogens with zero attached hydrogens (tertiary/aromatic N) is 3. The molecule has 1 aliphatic heterocycles. The van der Waals surface area contributed by atoms with E-state index in [0.29, 0.717) is 17.9 Å². The minimum atomic E-state index is 0.340. The van der Waals surface area contributed by atoms with Crippen LogP contribution in [0.15, 0.2) is 10.7 Å². The van der Waals surface area contributed by atoms with Gasteiger partial charge in [0.2, 0.25) is 5.95 Å². The van der Waals surface area contributed by atoms with Gasteiger partial charge in [-0.15, -0.1) is 0 Å². The molecule has 1 aliphatic rings. The lowest BCUT2D eigenvalue weighted by molar-refractivity contribution is 0.489. The van der Waals surface area contributed by atoms with Gasteiger partial charge in [0.05, 0.1) is 4.47 Å². The van der Waals surface area contributed by atoms with Crippen molar-refractivity contribution in [1.82, 2.24) is 9.97 Å². The fraction of sp³-hybridized carbons (Fsp3) is 0.636. The molecule has 1 aromatic heterocycles. The Morgan fingerprint density at radius 1 is 1.56 bits per heavy atom. The van der Waals surface area contributed by atoms with Gasteiger partial charge in [0, 0.05) is 18.8 Å². The van der Waals surface area contributed by atoms with Crippen LogP contribution in [0, 0.1) is 5.92 Å². The SMILES string of the molecule is CC(C)C1CCCN1c1nc(N)ncc1Br. The average molecular weight is 285 g/mol. The number of nitrogens with two attached hydrogens (primary N) is 1. The summed E-state index contributed by atoms with van der Waals surface area (Å²) in [5, 5.41) is 0. The fourth-order valence-corrected chi connectivity index (χ4v) is 2.74. The molecule has 1 aromatic rings. The van der Waals surface area contributed by atoms with Crippen LogP contribution in [0.25, 0.3) is 0 Å². The Morgan fingerprint density at radius 3 is 3.00 bits per heavy atom. The summed E-state index contributed by atoms with van der Waals surface area (Å²) in [5.74, 6) is 1.90. The number of hydrogen-bond acceptors (Lipinski definition) is 4. The summed E-state index contributed by atoms with van der Waals surface area (Å²) in [6, 6.07) is 0.561. The minimum Gasteiger partial charge on any atom is -0.368 e. The summed E-state index contributed by atoms with van der Waals surface area (Å²) < 4.78 is 0.925. The maximum atomic E-state index is 5.65. The fourth-order valence-electron chi connectivity index (χ4n) is 2.32. The number of rotatable bonds is 2. The van der Waals surface area contributed by atoms with Crippen molar-refractivity contribution >= 4 is 27.7 Å². The van der Waals surface area contributed by atoms with Crippen molar-refractivity contribution in [2.24, 2.45) is 5.92 Å². The van der Waals surface area contributed by atoms with E-state index in [-0.39, 0.29) is 0 Å². The second-order valence-corrected chi connectivity index (χ2v) is 5.40. The van der Waals surface area contributed by atoms with Crippen LogP contribution in [0.1, 0.15) is 26.7 Å². The van der Waals surface area contributed by atoms with E-state index in [2.05, 4.69) is 44.6 Å². The van der Waals surface area contributed by atoms with Gasteiger partial charge < -0.3 is 10.6 Å². The topological polar surface area (TPSA) is 55.0 Å². The number of nitrogen functional groups attached to an aromatic ring is 1. The Labute approximate surface area is 104 Å². The normalized spacial score (nSPS) is 20.8. The molecule has 0 radical (unpaired) electrons. The first-order chi connectivity index (χ1) is 7.59. The first kappa shape index (κ1) is 11.6. The van der Waals surface area contributed by atoms with Gasteiger partial charge in [-0.05, 0) is 34.7 Å². The van der Waals surface area contributed by atoms with Crippen LogP contribution in [0.2, 0.25) is 0 Å². The van der Waals surface area contributed by atoms with Crippen molar-refractivity contribution in [2.45, 2.75) is 32.7 Å². The number of aromatic nitrogens is 2. The lowest BCUT2D eigenvalue weighted by Gasteiger charge is -2.29. The van der Waals surface area contributed by atoms with Crippen molar-refractivity contribution in [3.8, 4) is 0 Å². The summed E-state index contributed by atoms with van der Waals surface area (Å²) >= 11 is 3.49. The molecule has 2 N–H and O–H groups in total. The molecular formula is C11H17BrN4. The van der Waals surface area contributed by atoms with Crippen LogP contribution in [0.3, 0.4) is 0 Å². The molecule has 2 rings (SSSR count). The molecule has 4 nitrogen and oxygen atoms in total. The van der Waals surface area contributed by atoms with E-state index in [0.717, 1.165) is 16.8 Å². The predicted octanol–water partition coefficient (Wildman–Crippen LogP) is 2.45. The van der Waals surface area contributed by atoms with Crippen LogP contribution < -0.4 is 10.6 Å². The van der Waals surface area contributed by atoms with Crippen molar-refractivity contribution < 1.29 is 0 Å². The molecule has 1 fully saturated rings. The van der Waals surface area contributed by atoms with E-state index >= 15 is 0 Å². The maximum absolute atomic E-state index is 5.65. The van der Waals surface area contributed by atoms with E-state index in [1.807, 2.05) is 0 Å². The quantitative estimate of drug-likeness (QED) is 0.906. The lowest BCUT2D eigenvalue weighted by atomic mass is 10.0. The van der Waals surface area contributed by atoms with Gasteiger partial charge in [-0.3, -0.25) is 0 Å². The minimum absolute atomic E-state index is 0.340. The summed E-state index contributed by atoms with van der Waals surface area (Å²) in [4.78, 5) is 10.6. The van der Waals surface area contributed by atoms with Crippen molar-refractivity contribution in [3.05, 3.63) is 10.7 Å². The zero-order chi connectivity index (χ0) is 11.7. The highest BCUT2D eigenvalue weighted by molar-refractivity contribution is 9.10. The Hall–Kier alpha value is -0.840. The molecule has 0 amide bonds. The maximum Gasteiger partial charge on any atom is 0.222 e. The lowest BCUT2D eigenvalue weighted by Crippen LogP contribution is -2.34. The molecule has 88 valence electrons. The van der Waals surface area contributed by atoms with Crippen molar-refractivity contribution in [2.75, 3.05) is 17.2 Å². The zero-order valence-electron chi connectivity index (χ0n) is 9.65. The van der Waals surface area contributed by atoms with Crippen LogP contribution in [-0.4, -0.2) is 22.6 Å². The Morgan fingerprint density at radius 2 is 2.31 bits per heavy atom. The van der Waals surface area contributed by atoms with E-state index < -0.39 is 0 Å². The van der Waals surface area contributed by atoms with Gasteiger partial charge in [-0.2, -0.15) is 4.98 Å². The van der Waals surface area contributed by atoms with Crippen LogP contribution in [-0.2, 0) is 0 Å². The number of hydrogen-bond donors (Lipinski definition) is 1. The molecule has 1 unspecified atom stereocenters. The monoisotopic (exact) mass is 284 g/mol. The molecule has 0 aliphatic carbocycles. The highest BCUT2D eigenvalue weighted by Gasteiger charge is 2.29. The third-order valence-electron chi connectivity index (χ3n) is 3.09. The molecule has 0 bridgehead atoms. The van der Waals surface area contributed by atoms with E-state index in [9.17, 15) is 0 Å². The summed E-state index contributed by atoms with van der Waals surface area (Å²) in [6.45, 7) is 5.56. The van der Waals surface area contributed by atoms with Crippen LogP contribution in [0.4, 0.5) is 11.8 Å². The number of halogens is 1. The van der Waals surface area contributed by atoms with Gasteiger partial charge in [0.25, 0.3) is 0 Å². The third-order valence-corrected chi connectivity index (χ3v) is 3.64. The first-order valence-corrected chi connectivity index (χ1v) is 6.43. The molecular weight excluding hydrogens is 268 g/mol. The van der Waals surface area contributed by atoms with Crippen molar-refractivity contribution in [1.29, 1.82) is 0 Å². The van der Waals surface area contributed by atoms with Crippen molar-refractivity contribution in [3.63, 3.8) is 0 Å². The molecule has 0 saturated carbocycles. The third kappa shape index (κ3) is 2.14. The Bertz CT molecular complexity index is 380. The molecule has 1 saturated heterocycles. The Balaban J connectivity index is 2.32. The molecule has 2 heterocycles. The average Bonchev–Trinajstić information content (AvgIpc) is 2.70. The second kappa shape index (κ2) is 4.57. The van der Waals surface area contributed by atoms with Gasteiger partial charge in [-0.1, -0.05) is 13.8 Å². The molecule has 0 aromatic carbocycles. The summed E-state index contributed by atoms with van der Waals surface area (Å²) in [7, 11) is 0. The summed E-state index contributed by atoms with van der Waals surface area (Å²) in [6.07, 6.45) is 4.18. The van der Waals surface area contributed by atoms with Gasteiger partial charge in [0.1, 0.15) is 5.82 Å². The smallest absolute Gasteiger partial charge is 0.222 e. The van der Waals surface area contributed by atoms with E-state index in [1.165, 1.54) is 12.8 Å². The Kier molecular flexibility index (Phi) is 3.33. The highest BCUT2D eigenvalue weighted by Crippen LogP contribution is 2.32. The zero-order valence-corrected chi connectivity index (χ0v) is 11.2. The van der Waals surface area contributed by atoms with Gasteiger partial charge in [-0.25, -0.2) is 4.98 Å². The molecule has 5 heteroatoms. The summed E-state index contributed by atoms with van der Waals surface area (Å²) in [5.41, 5.74) is 5.65. The first-order valence-electron chi connectivity index (χ1n) is 5.64. The molecule has 1 atom stereocenters. The highest BCUT2D eigenvalue weighted by atomic mass is 79.9. The standard InChI is InChI=1S/C11H17BrN4/c1-7(2)9-4-3-5-16(9)10-8(12)6-14-11(13)15-10/h6-7,9H,3-5H2,1-2H3,(H2,13,14,15). The molecule has 0 spiro atoms. The van der Waals surface area contributed by atoms with Gasteiger partial charge in [0.15, 0.2) is 0 Å². The van der Waals surface area contributed by atoms with E-state index in [4.69, 9.17) is 5.73 Å².